The number of anilines is 1. The Bertz CT molecular complexity index is 996. The number of benzene rings is 2. The van der Waals surface area contributed by atoms with Gasteiger partial charge in [-0.15, -0.1) is 0 Å². The summed E-state index contributed by atoms with van der Waals surface area (Å²) in [6.45, 7) is 0.306. The first-order chi connectivity index (χ1) is 12.6. The summed E-state index contributed by atoms with van der Waals surface area (Å²) in [5.41, 5.74) is 7.51. The Morgan fingerprint density at radius 1 is 1.12 bits per heavy atom. The lowest BCUT2D eigenvalue weighted by Crippen LogP contribution is -2.23. The Morgan fingerprint density at radius 3 is 2.69 bits per heavy atom. The summed E-state index contributed by atoms with van der Waals surface area (Å²) in [7, 11) is 0. The van der Waals surface area contributed by atoms with Crippen LogP contribution in [0.4, 0.5) is 5.69 Å². The van der Waals surface area contributed by atoms with Crippen molar-refractivity contribution in [3.8, 4) is 11.4 Å². The fraction of sp³-hybridized carbons (Fsp3) is 0.105. The minimum absolute atomic E-state index is 0.157. The number of ether oxygens (including phenoxy) is 1. The molecule has 1 unspecified atom stereocenters. The molecule has 2 amide bonds. The zero-order chi connectivity index (χ0) is 18.1. The summed E-state index contributed by atoms with van der Waals surface area (Å²) in [5, 5.41) is 7.08. The lowest BCUT2D eigenvalue weighted by molar-refractivity contribution is -0.117. The molecule has 0 aliphatic carbocycles. The number of primary amides is 1. The summed E-state index contributed by atoms with van der Waals surface area (Å²) < 4.78 is 7.09. The van der Waals surface area contributed by atoms with Gasteiger partial charge in [0.1, 0.15) is 24.0 Å². The van der Waals surface area contributed by atoms with Crippen molar-refractivity contribution in [2.45, 2.75) is 5.92 Å². The molecule has 3 N–H and O–H groups in total. The van der Waals surface area contributed by atoms with Gasteiger partial charge in [0.15, 0.2) is 0 Å². The van der Waals surface area contributed by atoms with Gasteiger partial charge in [-0.2, -0.15) is 5.10 Å². The van der Waals surface area contributed by atoms with Crippen LogP contribution in [0.3, 0.4) is 0 Å². The number of nitrogens with two attached hydrogens (primary N) is 1. The highest BCUT2D eigenvalue weighted by atomic mass is 16.5. The quantitative estimate of drug-likeness (QED) is 0.754. The number of fused-ring (bicyclic) bond motifs is 1. The molecule has 2 heterocycles. The first kappa shape index (κ1) is 15.9. The van der Waals surface area contributed by atoms with E-state index in [2.05, 4.69) is 10.4 Å². The van der Waals surface area contributed by atoms with Crippen LogP contribution in [-0.2, 0) is 4.79 Å². The van der Waals surface area contributed by atoms with E-state index in [1.165, 1.54) is 10.7 Å². The molecule has 0 fully saturated rings. The number of carbonyl (C=O) groups is 2. The van der Waals surface area contributed by atoms with Crippen molar-refractivity contribution >= 4 is 17.5 Å². The maximum Gasteiger partial charge on any atom is 0.269 e. The smallest absolute Gasteiger partial charge is 0.269 e. The van der Waals surface area contributed by atoms with Crippen LogP contribution in [0.15, 0.2) is 60.8 Å². The predicted octanol–water partition coefficient (Wildman–Crippen LogP) is 2.09. The Kier molecular flexibility index (Phi) is 3.89. The molecule has 0 spiro atoms. The van der Waals surface area contributed by atoms with Crippen LogP contribution < -0.4 is 15.8 Å². The van der Waals surface area contributed by atoms with Gasteiger partial charge in [0.25, 0.3) is 5.91 Å². The second-order valence-corrected chi connectivity index (χ2v) is 5.92. The van der Waals surface area contributed by atoms with E-state index in [-0.39, 0.29) is 17.5 Å². The largest absolute Gasteiger partial charge is 0.492 e. The van der Waals surface area contributed by atoms with Crippen LogP contribution in [0.5, 0.6) is 5.75 Å². The second kappa shape index (κ2) is 6.36. The summed E-state index contributed by atoms with van der Waals surface area (Å²) in [4.78, 5) is 24.0. The molecule has 0 saturated heterocycles. The molecule has 1 atom stereocenters. The van der Waals surface area contributed by atoms with Gasteiger partial charge in [0, 0.05) is 11.8 Å². The summed E-state index contributed by atoms with van der Waals surface area (Å²) in [5.74, 6) is -0.410. The molecule has 2 aromatic carbocycles. The number of carbonyl (C=O) groups excluding carboxylic acids is 2. The standard InChI is InChI=1S/C19H16N4O3/c20-18(24)15-9-10-23(22-15)16-7-3-2-6-14(16)21-19(25)13-11-26-17-8-4-1-5-12(13)17/h1-10,13H,11H2,(H2,20,24)(H,21,25). The maximum atomic E-state index is 12.8. The average molecular weight is 348 g/mol. The van der Waals surface area contributed by atoms with Gasteiger partial charge in [0.05, 0.1) is 11.4 Å². The van der Waals surface area contributed by atoms with Crippen molar-refractivity contribution in [3.05, 3.63) is 72.1 Å². The van der Waals surface area contributed by atoms with Crippen LogP contribution in [0.2, 0.25) is 0 Å². The zero-order valence-corrected chi connectivity index (χ0v) is 13.8. The third kappa shape index (κ3) is 2.79. The van der Waals surface area contributed by atoms with Gasteiger partial charge < -0.3 is 15.8 Å². The third-order valence-corrected chi connectivity index (χ3v) is 4.27. The van der Waals surface area contributed by atoms with Gasteiger partial charge in [0.2, 0.25) is 5.91 Å². The second-order valence-electron chi connectivity index (χ2n) is 5.92. The zero-order valence-electron chi connectivity index (χ0n) is 13.8. The van der Waals surface area contributed by atoms with E-state index in [0.29, 0.717) is 18.0 Å². The number of aromatic nitrogens is 2. The molecular weight excluding hydrogens is 332 g/mol. The fourth-order valence-electron chi connectivity index (χ4n) is 2.97. The fourth-order valence-corrected chi connectivity index (χ4v) is 2.97. The Hall–Kier alpha value is -3.61. The van der Waals surface area contributed by atoms with Crippen molar-refractivity contribution in [2.24, 2.45) is 5.73 Å². The molecule has 130 valence electrons. The summed E-state index contributed by atoms with van der Waals surface area (Å²) in [6.07, 6.45) is 1.62. The SMILES string of the molecule is NC(=O)c1ccn(-c2ccccc2NC(=O)C2COc3ccccc32)n1. The summed E-state index contributed by atoms with van der Waals surface area (Å²) in [6, 6.07) is 16.3. The Balaban J connectivity index is 1.61. The molecule has 4 rings (SSSR count). The normalized spacial score (nSPS) is 15.2. The van der Waals surface area contributed by atoms with Crippen molar-refractivity contribution in [3.63, 3.8) is 0 Å². The van der Waals surface area contributed by atoms with Crippen LogP contribution in [0.1, 0.15) is 22.0 Å². The lowest BCUT2D eigenvalue weighted by atomic mass is 10.0. The first-order valence-corrected chi connectivity index (χ1v) is 8.11. The number of amides is 2. The van der Waals surface area contributed by atoms with Gasteiger partial charge in [-0.3, -0.25) is 9.59 Å². The highest BCUT2D eigenvalue weighted by Gasteiger charge is 2.30. The van der Waals surface area contributed by atoms with Crippen LogP contribution >= 0.6 is 0 Å². The number of nitrogens with one attached hydrogen (secondary N) is 1. The highest BCUT2D eigenvalue weighted by Crippen LogP contribution is 2.34. The Morgan fingerprint density at radius 2 is 1.88 bits per heavy atom. The number of nitrogens with zero attached hydrogens (tertiary/aromatic N) is 2. The van der Waals surface area contributed by atoms with E-state index in [9.17, 15) is 9.59 Å². The maximum absolute atomic E-state index is 12.8. The predicted molar refractivity (Wildman–Crippen MR) is 95.4 cm³/mol. The molecule has 0 bridgehead atoms. The third-order valence-electron chi connectivity index (χ3n) is 4.27. The lowest BCUT2D eigenvalue weighted by Gasteiger charge is -2.14. The minimum atomic E-state index is -0.607. The molecule has 0 radical (unpaired) electrons. The van der Waals surface area contributed by atoms with Crippen molar-refractivity contribution in [1.29, 1.82) is 0 Å². The topological polar surface area (TPSA) is 99.2 Å². The molecule has 7 heteroatoms. The number of hydrogen-bond donors (Lipinski definition) is 2. The molecule has 26 heavy (non-hydrogen) atoms. The number of hydrogen-bond acceptors (Lipinski definition) is 4. The molecule has 1 aliphatic rings. The van der Waals surface area contributed by atoms with Crippen LogP contribution in [0, 0.1) is 0 Å². The minimum Gasteiger partial charge on any atom is -0.492 e. The van der Waals surface area contributed by atoms with Crippen LogP contribution in [0.25, 0.3) is 5.69 Å². The molecular formula is C19H16N4O3. The summed E-state index contributed by atoms with van der Waals surface area (Å²) >= 11 is 0. The van der Waals surface area contributed by atoms with E-state index < -0.39 is 5.91 Å². The molecule has 3 aromatic rings. The van der Waals surface area contributed by atoms with E-state index in [1.807, 2.05) is 36.4 Å². The molecule has 0 saturated carbocycles. The van der Waals surface area contributed by atoms with E-state index in [1.54, 1.807) is 18.3 Å². The van der Waals surface area contributed by atoms with Crippen molar-refractivity contribution in [2.75, 3.05) is 11.9 Å². The van der Waals surface area contributed by atoms with Gasteiger partial charge in [-0.25, -0.2) is 4.68 Å². The van der Waals surface area contributed by atoms with Gasteiger partial charge >= 0.3 is 0 Å². The Labute approximate surface area is 149 Å². The van der Waals surface area contributed by atoms with E-state index in [0.717, 1.165) is 11.3 Å². The molecule has 7 nitrogen and oxygen atoms in total. The number of rotatable bonds is 4. The monoisotopic (exact) mass is 348 g/mol. The highest BCUT2D eigenvalue weighted by molar-refractivity contribution is 5.98. The number of para-hydroxylation sites is 3. The molecule has 1 aromatic heterocycles. The molecule has 1 aliphatic heterocycles. The van der Waals surface area contributed by atoms with Crippen molar-refractivity contribution < 1.29 is 14.3 Å². The van der Waals surface area contributed by atoms with Crippen molar-refractivity contribution in [1.82, 2.24) is 9.78 Å². The van der Waals surface area contributed by atoms with E-state index >= 15 is 0 Å². The first-order valence-electron chi connectivity index (χ1n) is 8.11. The average Bonchev–Trinajstić information content (AvgIpc) is 3.29. The van der Waals surface area contributed by atoms with Gasteiger partial charge in [-0.05, 0) is 24.3 Å². The van der Waals surface area contributed by atoms with E-state index in [4.69, 9.17) is 10.5 Å². The van der Waals surface area contributed by atoms with Gasteiger partial charge in [-0.1, -0.05) is 30.3 Å². The van der Waals surface area contributed by atoms with Crippen LogP contribution in [-0.4, -0.2) is 28.2 Å².